The Kier molecular flexibility index (Phi) is 8.97. The molecule has 0 spiro atoms. The van der Waals surface area contributed by atoms with Crippen molar-refractivity contribution in [1.29, 1.82) is 0 Å². The highest BCUT2D eigenvalue weighted by Crippen LogP contribution is 2.23. The van der Waals surface area contributed by atoms with E-state index in [0.717, 1.165) is 12.8 Å². The van der Waals surface area contributed by atoms with E-state index < -0.39 is 0 Å². The van der Waals surface area contributed by atoms with Crippen LogP contribution in [-0.4, -0.2) is 11.9 Å². The van der Waals surface area contributed by atoms with E-state index in [4.69, 9.17) is 0 Å². The first-order valence-corrected chi connectivity index (χ1v) is 10.2. The standard InChI is InChI=1S/C20H37NO/c22-20(21-19-16-12-8-5-9-13-17-19)18-14-10-6-3-1-2-4-7-11-15-18/h18-19H,1-17H2,(H,21,22). The second-order valence-electron chi connectivity index (χ2n) is 7.65. The molecule has 2 aliphatic rings. The molecule has 0 aromatic heterocycles. The molecule has 0 bridgehead atoms. The third-order valence-corrected chi connectivity index (χ3v) is 5.68. The fourth-order valence-electron chi connectivity index (χ4n) is 4.17. The summed E-state index contributed by atoms with van der Waals surface area (Å²) >= 11 is 0. The molecule has 1 N–H and O–H groups in total. The lowest BCUT2D eigenvalue weighted by molar-refractivity contribution is -0.126. The van der Waals surface area contributed by atoms with Gasteiger partial charge < -0.3 is 5.32 Å². The van der Waals surface area contributed by atoms with Crippen molar-refractivity contribution < 1.29 is 4.79 Å². The molecule has 2 aliphatic carbocycles. The largest absolute Gasteiger partial charge is 0.353 e. The molecular formula is C20H37NO. The molecule has 0 aromatic carbocycles. The summed E-state index contributed by atoms with van der Waals surface area (Å²) in [6.45, 7) is 0. The molecule has 0 atom stereocenters. The van der Waals surface area contributed by atoms with Crippen molar-refractivity contribution in [2.45, 2.75) is 115 Å². The Morgan fingerprint density at radius 3 is 1.36 bits per heavy atom. The van der Waals surface area contributed by atoms with Crippen molar-refractivity contribution in [1.82, 2.24) is 5.32 Å². The average Bonchev–Trinajstić information content (AvgIpc) is 2.55. The number of hydrogen-bond donors (Lipinski definition) is 1. The number of nitrogens with one attached hydrogen (secondary N) is 1. The molecule has 0 saturated heterocycles. The molecule has 0 unspecified atom stereocenters. The molecule has 0 aromatic rings. The zero-order valence-electron chi connectivity index (χ0n) is 14.6. The molecule has 22 heavy (non-hydrogen) atoms. The van der Waals surface area contributed by atoms with Gasteiger partial charge in [0.2, 0.25) is 5.91 Å². The summed E-state index contributed by atoms with van der Waals surface area (Å²) in [6, 6.07) is 0.464. The average molecular weight is 308 g/mol. The van der Waals surface area contributed by atoms with Gasteiger partial charge >= 0.3 is 0 Å². The van der Waals surface area contributed by atoms with E-state index in [0.29, 0.717) is 17.9 Å². The third-order valence-electron chi connectivity index (χ3n) is 5.68. The lowest BCUT2D eigenvalue weighted by Crippen LogP contribution is -2.39. The molecule has 128 valence electrons. The van der Waals surface area contributed by atoms with Crippen LogP contribution in [0.3, 0.4) is 0 Å². The van der Waals surface area contributed by atoms with Crippen molar-refractivity contribution in [3.8, 4) is 0 Å². The van der Waals surface area contributed by atoms with Crippen molar-refractivity contribution in [2.75, 3.05) is 0 Å². The summed E-state index contributed by atoms with van der Waals surface area (Å²) < 4.78 is 0. The van der Waals surface area contributed by atoms with E-state index in [9.17, 15) is 4.79 Å². The van der Waals surface area contributed by atoms with Crippen LogP contribution in [0.4, 0.5) is 0 Å². The van der Waals surface area contributed by atoms with E-state index in [2.05, 4.69) is 5.32 Å². The van der Waals surface area contributed by atoms with Crippen molar-refractivity contribution >= 4 is 5.91 Å². The highest BCUT2D eigenvalue weighted by atomic mass is 16.1. The molecule has 2 fully saturated rings. The van der Waals surface area contributed by atoms with Crippen molar-refractivity contribution in [2.24, 2.45) is 5.92 Å². The smallest absolute Gasteiger partial charge is 0.223 e. The molecule has 2 nitrogen and oxygen atoms in total. The van der Waals surface area contributed by atoms with Gasteiger partial charge in [-0.05, 0) is 25.7 Å². The zero-order chi connectivity index (χ0) is 15.5. The van der Waals surface area contributed by atoms with E-state index in [1.54, 1.807) is 0 Å². The van der Waals surface area contributed by atoms with Crippen molar-refractivity contribution in [3.63, 3.8) is 0 Å². The first-order valence-electron chi connectivity index (χ1n) is 10.2. The maximum Gasteiger partial charge on any atom is 0.223 e. The van der Waals surface area contributed by atoms with Gasteiger partial charge in [0.05, 0.1) is 0 Å². The molecule has 0 radical (unpaired) electrons. The third kappa shape index (κ3) is 7.15. The Morgan fingerprint density at radius 2 is 0.909 bits per heavy atom. The fraction of sp³-hybridized carbons (Fsp3) is 0.950. The van der Waals surface area contributed by atoms with E-state index in [1.807, 2.05) is 0 Å². The minimum Gasteiger partial charge on any atom is -0.353 e. The predicted octanol–water partition coefficient (Wildman–Crippen LogP) is 5.75. The summed E-state index contributed by atoms with van der Waals surface area (Å²) in [5, 5.41) is 3.42. The van der Waals surface area contributed by atoms with Crippen LogP contribution in [-0.2, 0) is 4.79 Å². The maximum atomic E-state index is 12.7. The van der Waals surface area contributed by atoms with Gasteiger partial charge in [-0.15, -0.1) is 0 Å². The Labute approximate surface area is 137 Å². The fourth-order valence-corrected chi connectivity index (χ4v) is 4.17. The Hall–Kier alpha value is -0.530. The van der Waals surface area contributed by atoms with Gasteiger partial charge in [0.25, 0.3) is 0 Å². The summed E-state index contributed by atoms with van der Waals surface area (Å²) in [6.07, 6.45) is 22.1. The van der Waals surface area contributed by atoms with E-state index >= 15 is 0 Å². The molecule has 0 heterocycles. The van der Waals surface area contributed by atoms with Gasteiger partial charge in [0.15, 0.2) is 0 Å². The van der Waals surface area contributed by atoms with Crippen LogP contribution in [0.15, 0.2) is 0 Å². The second-order valence-corrected chi connectivity index (χ2v) is 7.65. The van der Waals surface area contributed by atoms with Gasteiger partial charge in [-0.3, -0.25) is 4.79 Å². The first-order chi connectivity index (χ1) is 10.9. The Balaban J connectivity index is 1.78. The highest BCUT2D eigenvalue weighted by Gasteiger charge is 2.21. The van der Waals surface area contributed by atoms with Crippen molar-refractivity contribution in [3.05, 3.63) is 0 Å². The molecule has 2 saturated carbocycles. The lowest BCUT2D eigenvalue weighted by atomic mass is 9.92. The number of carbonyl (C=O) groups excluding carboxylic acids is 1. The second kappa shape index (κ2) is 11.1. The number of carbonyl (C=O) groups is 1. The lowest BCUT2D eigenvalue weighted by Gasteiger charge is -2.24. The van der Waals surface area contributed by atoms with Crippen LogP contribution >= 0.6 is 0 Å². The molecule has 1 amide bonds. The summed E-state index contributed by atoms with van der Waals surface area (Å²) in [5.41, 5.74) is 0. The molecule has 0 aliphatic heterocycles. The Bertz CT molecular complexity index is 282. The number of rotatable bonds is 2. The van der Waals surface area contributed by atoms with Gasteiger partial charge in [0, 0.05) is 12.0 Å². The quantitative estimate of drug-likeness (QED) is 0.691. The first kappa shape index (κ1) is 17.8. The summed E-state index contributed by atoms with van der Waals surface area (Å²) in [4.78, 5) is 12.7. The van der Waals surface area contributed by atoms with Crippen LogP contribution in [0.1, 0.15) is 109 Å². The summed E-state index contributed by atoms with van der Waals surface area (Å²) in [5.74, 6) is 0.674. The topological polar surface area (TPSA) is 29.1 Å². The monoisotopic (exact) mass is 307 g/mol. The minimum absolute atomic E-state index is 0.295. The SMILES string of the molecule is O=C(NC1CCCCCCC1)C1CCCCCCCCCC1. The highest BCUT2D eigenvalue weighted by molar-refractivity contribution is 5.78. The van der Waals surface area contributed by atoms with E-state index in [-0.39, 0.29) is 0 Å². The van der Waals surface area contributed by atoms with Gasteiger partial charge in [-0.25, -0.2) is 0 Å². The van der Waals surface area contributed by atoms with Crippen LogP contribution < -0.4 is 5.32 Å². The van der Waals surface area contributed by atoms with Crippen LogP contribution in [0, 0.1) is 5.92 Å². The zero-order valence-corrected chi connectivity index (χ0v) is 14.6. The number of hydrogen-bond acceptors (Lipinski definition) is 1. The molecule has 2 rings (SSSR count). The van der Waals surface area contributed by atoms with Gasteiger partial charge in [-0.1, -0.05) is 83.5 Å². The number of amides is 1. The van der Waals surface area contributed by atoms with Crippen LogP contribution in [0.5, 0.6) is 0 Å². The van der Waals surface area contributed by atoms with Crippen LogP contribution in [0.25, 0.3) is 0 Å². The molecular weight excluding hydrogens is 270 g/mol. The molecule has 2 heteroatoms. The van der Waals surface area contributed by atoms with Gasteiger partial charge in [-0.2, -0.15) is 0 Å². The normalized spacial score (nSPS) is 24.7. The Morgan fingerprint density at radius 1 is 0.545 bits per heavy atom. The minimum atomic E-state index is 0.295. The van der Waals surface area contributed by atoms with E-state index in [1.165, 1.54) is 96.3 Å². The predicted molar refractivity (Wildman–Crippen MR) is 93.9 cm³/mol. The van der Waals surface area contributed by atoms with Crippen LogP contribution in [0.2, 0.25) is 0 Å². The van der Waals surface area contributed by atoms with Gasteiger partial charge in [0.1, 0.15) is 0 Å². The summed E-state index contributed by atoms with van der Waals surface area (Å²) in [7, 11) is 0. The maximum absolute atomic E-state index is 12.7.